The summed E-state index contributed by atoms with van der Waals surface area (Å²) in [6.45, 7) is 0. The van der Waals surface area contributed by atoms with Gasteiger partial charge in [0, 0.05) is 43.3 Å². The highest BCUT2D eigenvalue weighted by molar-refractivity contribution is 6.04. The number of carbonyl (C=O) groups is 1. The first kappa shape index (κ1) is 18.5. The maximum Gasteiger partial charge on any atom is 0.419 e. The summed E-state index contributed by atoms with van der Waals surface area (Å²) in [6.07, 6.45) is -2.44. The first-order chi connectivity index (χ1) is 11.7. The smallest absolute Gasteiger partial charge is 0.378 e. The topological polar surface area (TPSA) is 32.3 Å². The number of benzene rings is 2. The first-order valence-electron chi connectivity index (χ1n) is 7.30. The molecule has 0 aliphatic carbocycles. The lowest BCUT2D eigenvalue weighted by atomic mass is 10.1. The number of nitrogens with zero attached hydrogens (tertiary/aromatic N) is 1. The molecule has 2 aromatic rings. The summed E-state index contributed by atoms with van der Waals surface area (Å²) in [5, 5.41) is 2.85. The molecular weight excluding hydrogens is 336 g/mol. The minimum atomic E-state index is -4.85. The molecule has 0 saturated heterocycles. The van der Waals surface area contributed by atoms with Gasteiger partial charge in [-0.15, -0.1) is 0 Å². The Balaban J connectivity index is 2.08. The molecule has 0 atom stereocenters. The van der Waals surface area contributed by atoms with Crippen molar-refractivity contribution in [2.45, 2.75) is 6.18 Å². The van der Waals surface area contributed by atoms with Crippen molar-refractivity contribution >= 4 is 17.2 Å². The van der Waals surface area contributed by atoms with Gasteiger partial charge < -0.3 is 10.2 Å². The van der Waals surface area contributed by atoms with Crippen LogP contribution in [0.5, 0.6) is 0 Å². The van der Waals surface area contributed by atoms with E-state index in [1.165, 1.54) is 6.20 Å². The van der Waals surface area contributed by atoms with Crippen LogP contribution in [0.15, 0.2) is 54.7 Å². The number of hydrogen-bond donors (Lipinski definition) is 1. The number of hydrogen-bond acceptors (Lipinski definition) is 3. The molecule has 0 unspecified atom stereocenters. The molecule has 2 rings (SSSR count). The number of nitrogens with one attached hydrogen (secondary N) is 1. The fourth-order valence-electron chi connectivity index (χ4n) is 2.06. The molecule has 0 aliphatic rings. The second-order valence-electron chi connectivity index (χ2n) is 5.48. The third-order valence-electron chi connectivity index (χ3n) is 3.42. The van der Waals surface area contributed by atoms with Crippen LogP contribution >= 0.6 is 0 Å². The van der Waals surface area contributed by atoms with Gasteiger partial charge in [0.05, 0.1) is 5.56 Å². The van der Waals surface area contributed by atoms with Gasteiger partial charge in [-0.25, -0.2) is 4.39 Å². The second-order valence-corrected chi connectivity index (χ2v) is 5.48. The van der Waals surface area contributed by atoms with Crippen LogP contribution in [0.2, 0.25) is 0 Å². The maximum atomic E-state index is 13.2. The Morgan fingerprint density at radius 1 is 1.08 bits per heavy atom. The average molecular weight is 352 g/mol. The van der Waals surface area contributed by atoms with Crippen molar-refractivity contribution in [1.29, 1.82) is 0 Å². The number of anilines is 2. The third kappa shape index (κ3) is 4.82. The predicted octanol–water partition coefficient (Wildman–Crippen LogP) is 4.72. The molecule has 2 aromatic carbocycles. The van der Waals surface area contributed by atoms with Crippen molar-refractivity contribution in [2.24, 2.45) is 0 Å². The molecule has 1 N–H and O–H groups in total. The van der Waals surface area contributed by atoms with Crippen LogP contribution < -0.4 is 10.2 Å². The number of carbonyl (C=O) groups excluding carboxylic acids is 1. The Kier molecular flexibility index (Phi) is 5.46. The van der Waals surface area contributed by atoms with Gasteiger partial charge in [-0.3, -0.25) is 4.79 Å². The maximum absolute atomic E-state index is 13.2. The summed E-state index contributed by atoms with van der Waals surface area (Å²) < 4.78 is 51.2. The van der Waals surface area contributed by atoms with Gasteiger partial charge in [0.15, 0.2) is 5.78 Å². The van der Waals surface area contributed by atoms with E-state index in [-0.39, 0.29) is 5.56 Å². The minimum absolute atomic E-state index is 0.241. The number of allylic oxidation sites excluding steroid dienone is 1. The fraction of sp³-hybridized carbons (Fsp3) is 0.167. The monoisotopic (exact) mass is 352 g/mol. The zero-order chi connectivity index (χ0) is 18.6. The largest absolute Gasteiger partial charge is 0.419 e. The van der Waals surface area contributed by atoms with E-state index in [1.54, 1.807) is 12.1 Å². The van der Waals surface area contributed by atoms with E-state index >= 15 is 0 Å². The molecule has 0 radical (unpaired) electrons. The van der Waals surface area contributed by atoms with Crippen LogP contribution in [0.4, 0.5) is 28.9 Å². The van der Waals surface area contributed by atoms with E-state index in [0.717, 1.165) is 17.8 Å². The van der Waals surface area contributed by atoms with Crippen molar-refractivity contribution in [1.82, 2.24) is 0 Å². The van der Waals surface area contributed by atoms with E-state index in [2.05, 4.69) is 5.32 Å². The molecule has 0 aromatic heterocycles. The molecule has 25 heavy (non-hydrogen) atoms. The zero-order valence-electron chi connectivity index (χ0n) is 13.6. The average Bonchev–Trinajstić information content (AvgIpc) is 2.54. The van der Waals surface area contributed by atoms with E-state index in [4.69, 9.17) is 0 Å². The van der Waals surface area contributed by atoms with E-state index in [1.807, 2.05) is 31.1 Å². The summed E-state index contributed by atoms with van der Waals surface area (Å²) in [7, 11) is 3.80. The zero-order valence-corrected chi connectivity index (χ0v) is 13.6. The van der Waals surface area contributed by atoms with Crippen molar-refractivity contribution in [3.05, 3.63) is 71.7 Å². The standard InChI is InChI=1S/C18H16F4N2O/c1-24(2)14-6-4-13(5-7-14)23-10-9-17(25)12-3-8-16(19)15(11-12)18(20,21)22/h3-11,23H,1-2H3. The SMILES string of the molecule is CN(C)c1ccc(NC=CC(=O)c2ccc(F)c(C(F)(F)F)c2)cc1. The van der Waals surface area contributed by atoms with E-state index < -0.39 is 23.3 Å². The molecule has 0 aliphatic heterocycles. The molecule has 0 bridgehead atoms. The van der Waals surface area contributed by atoms with Crippen LogP contribution in [-0.2, 0) is 6.18 Å². The quantitative estimate of drug-likeness (QED) is 0.480. The molecule has 0 amide bonds. The lowest BCUT2D eigenvalue weighted by Crippen LogP contribution is -2.10. The van der Waals surface area contributed by atoms with Gasteiger partial charge in [-0.1, -0.05) is 0 Å². The number of alkyl halides is 3. The van der Waals surface area contributed by atoms with E-state index in [0.29, 0.717) is 17.8 Å². The van der Waals surface area contributed by atoms with Gasteiger partial charge in [0.1, 0.15) is 5.82 Å². The molecule has 0 fully saturated rings. The van der Waals surface area contributed by atoms with Crippen LogP contribution in [0, 0.1) is 5.82 Å². The van der Waals surface area contributed by atoms with Gasteiger partial charge in [0.25, 0.3) is 0 Å². The van der Waals surface area contributed by atoms with Gasteiger partial charge in [-0.05, 0) is 42.5 Å². The molecule has 0 saturated carbocycles. The van der Waals surface area contributed by atoms with Gasteiger partial charge in [0.2, 0.25) is 0 Å². The Morgan fingerprint density at radius 3 is 2.28 bits per heavy atom. The molecule has 7 heteroatoms. The number of rotatable bonds is 5. The Hall–Kier alpha value is -2.83. The normalized spacial score (nSPS) is 11.6. The number of halogens is 4. The van der Waals surface area contributed by atoms with Crippen molar-refractivity contribution in [2.75, 3.05) is 24.3 Å². The molecule has 3 nitrogen and oxygen atoms in total. The van der Waals surface area contributed by atoms with Gasteiger partial charge >= 0.3 is 6.18 Å². The van der Waals surface area contributed by atoms with Crippen molar-refractivity contribution in [3.8, 4) is 0 Å². The highest BCUT2D eigenvalue weighted by Crippen LogP contribution is 2.32. The van der Waals surface area contributed by atoms with Crippen LogP contribution in [0.1, 0.15) is 15.9 Å². The Labute approximate surface area is 142 Å². The van der Waals surface area contributed by atoms with E-state index in [9.17, 15) is 22.4 Å². The predicted molar refractivity (Wildman–Crippen MR) is 89.3 cm³/mol. The molecular formula is C18H16F4N2O. The Bertz CT molecular complexity index is 781. The molecule has 0 heterocycles. The Morgan fingerprint density at radius 2 is 1.72 bits per heavy atom. The highest BCUT2D eigenvalue weighted by Gasteiger charge is 2.34. The third-order valence-corrected chi connectivity index (χ3v) is 3.42. The fourth-order valence-corrected chi connectivity index (χ4v) is 2.06. The summed E-state index contributed by atoms with van der Waals surface area (Å²) in [5.74, 6) is -2.07. The van der Waals surface area contributed by atoms with Crippen LogP contribution in [-0.4, -0.2) is 19.9 Å². The lowest BCUT2D eigenvalue weighted by Gasteiger charge is -2.12. The van der Waals surface area contributed by atoms with Crippen molar-refractivity contribution in [3.63, 3.8) is 0 Å². The second kappa shape index (κ2) is 7.38. The van der Waals surface area contributed by atoms with Crippen molar-refractivity contribution < 1.29 is 22.4 Å². The van der Waals surface area contributed by atoms with Crippen LogP contribution in [0.3, 0.4) is 0 Å². The summed E-state index contributed by atoms with van der Waals surface area (Å²) in [6, 6.07) is 9.49. The van der Waals surface area contributed by atoms with Crippen LogP contribution in [0.25, 0.3) is 0 Å². The highest BCUT2D eigenvalue weighted by atomic mass is 19.4. The molecule has 132 valence electrons. The van der Waals surface area contributed by atoms with Gasteiger partial charge in [-0.2, -0.15) is 13.2 Å². The first-order valence-corrected chi connectivity index (χ1v) is 7.30. The summed E-state index contributed by atoms with van der Waals surface area (Å²) in [5.41, 5.74) is 0.00930. The molecule has 0 spiro atoms. The minimum Gasteiger partial charge on any atom is -0.378 e. The summed E-state index contributed by atoms with van der Waals surface area (Å²) in [4.78, 5) is 13.9. The number of ketones is 1. The summed E-state index contributed by atoms with van der Waals surface area (Å²) >= 11 is 0. The lowest BCUT2D eigenvalue weighted by molar-refractivity contribution is -0.140.